The molecule has 0 bridgehead atoms. The number of hydrazine groups is 1. The SMILES string of the molecule is CCCOc1ccc(C(=O)NNC(=O)CCN2CCN(c3ccccc3)CC2)cc1. The number of nitrogens with one attached hydrogen (secondary N) is 2. The maximum Gasteiger partial charge on any atom is 0.269 e. The molecule has 7 nitrogen and oxygen atoms in total. The van der Waals surface area contributed by atoms with E-state index in [0.717, 1.165) is 38.3 Å². The number of hydrogen-bond acceptors (Lipinski definition) is 5. The molecule has 0 unspecified atom stereocenters. The third kappa shape index (κ3) is 6.49. The molecule has 1 saturated heterocycles. The summed E-state index contributed by atoms with van der Waals surface area (Å²) in [6.07, 6.45) is 1.27. The second-order valence-corrected chi connectivity index (χ2v) is 7.29. The third-order valence-electron chi connectivity index (χ3n) is 5.05. The molecule has 3 rings (SSSR count). The van der Waals surface area contributed by atoms with Gasteiger partial charge in [-0.05, 0) is 42.8 Å². The van der Waals surface area contributed by atoms with Crippen LogP contribution in [0.2, 0.25) is 0 Å². The summed E-state index contributed by atoms with van der Waals surface area (Å²) in [6.45, 7) is 7.08. The van der Waals surface area contributed by atoms with Crippen LogP contribution in [-0.2, 0) is 4.79 Å². The van der Waals surface area contributed by atoms with Crippen molar-refractivity contribution < 1.29 is 14.3 Å². The van der Waals surface area contributed by atoms with E-state index in [9.17, 15) is 9.59 Å². The lowest BCUT2D eigenvalue weighted by Crippen LogP contribution is -2.48. The zero-order valence-corrected chi connectivity index (χ0v) is 17.5. The van der Waals surface area contributed by atoms with Crippen molar-refractivity contribution in [2.24, 2.45) is 0 Å². The number of piperazine rings is 1. The molecule has 2 amide bonds. The average molecular weight is 411 g/mol. The van der Waals surface area contributed by atoms with Gasteiger partial charge in [-0.15, -0.1) is 0 Å². The van der Waals surface area contributed by atoms with Crippen LogP contribution in [0, 0.1) is 0 Å². The van der Waals surface area contributed by atoms with E-state index >= 15 is 0 Å². The summed E-state index contributed by atoms with van der Waals surface area (Å²) in [5.41, 5.74) is 6.68. The van der Waals surface area contributed by atoms with E-state index in [1.54, 1.807) is 24.3 Å². The maximum absolute atomic E-state index is 12.2. The van der Waals surface area contributed by atoms with Crippen LogP contribution in [0.5, 0.6) is 5.75 Å². The van der Waals surface area contributed by atoms with Crippen molar-refractivity contribution in [2.75, 3.05) is 44.2 Å². The Morgan fingerprint density at radius 3 is 2.30 bits per heavy atom. The summed E-state index contributed by atoms with van der Waals surface area (Å²) in [6, 6.07) is 17.2. The first-order valence-electron chi connectivity index (χ1n) is 10.5. The highest BCUT2D eigenvalue weighted by Gasteiger charge is 2.17. The molecule has 0 aliphatic carbocycles. The van der Waals surface area contributed by atoms with Crippen LogP contribution in [0.1, 0.15) is 30.1 Å². The van der Waals surface area contributed by atoms with E-state index in [1.165, 1.54) is 5.69 Å². The zero-order chi connectivity index (χ0) is 21.2. The summed E-state index contributed by atoms with van der Waals surface area (Å²) in [4.78, 5) is 28.9. The lowest BCUT2D eigenvalue weighted by molar-refractivity contribution is -0.122. The van der Waals surface area contributed by atoms with Gasteiger partial charge in [-0.25, -0.2) is 0 Å². The molecule has 2 N–H and O–H groups in total. The Hall–Kier alpha value is -3.06. The number of hydrogen-bond donors (Lipinski definition) is 2. The highest BCUT2D eigenvalue weighted by Crippen LogP contribution is 2.15. The van der Waals surface area contributed by atoms with Crippen LogP contribution in [0.25, 0.3) is 0 Å². The Morgan fingerprint density at radius 2 is 1.63 bits per heavy atom. The summed E-state index contributed by atoms with van der Waals surface area (Å²) in [5, 5.41) is 0. The molecule has 7 heteroatoms. The van der Waals surface area contributed by atoms with Crippen LogP contribution >= 0.6 is 0 Å². The van der Waals surface area contributed by atoms with Gasteiger partial charge in [0.25, 0.3) is 5.91 Å². The molecule has 0 aromatic heterocycles. The Balaban J connectivity index is 1.33. The lowest BCUT2D eigenvalue weighted by atomic mass is 10.2. The molecule has 1 fully saturated rings. The fourth-order valence-electron chi connectivity index (χ4n) is 3.31. The first-order valence-corrected chi connectivity index (χ1v) is 10.5. The smallest absolute Gasteiger partial charge is 0.269 e. The minimum atomic E-state index is -0.345. The van der Waals surface area contributed by atoms with E-state index in [-0.39, 0.29) is 11.8 Å². The van der Waals surface area contributed by atoms with Crippen LogP contribution in [0.4, 0.5) is 5.69 Å². The highest BCUT2D eigenvalue weighted by atomic mass is 16.5. The molecule has 30 heavy (non-hydrogen) atoms. The van der Waals surface area contributed by atoms with Crippen molar-refractivity contribution in [2.45, 2.75) is 19.8 Å². The van der Waals surface area contributed by atoms with Gasteiger partial charge in [-0.1, -0.05) is 25.1 Å². The number of benzene rings is 2. The van der Waals surface area contributed by atoms with Crippen molar-refractivity contribution in [1.82, 2.24) is 15.8 Å². The standard InChI is InChI=1S/C23H30N4O3/c1-2-18-30-21-10-8-19(9-11-21)23(29)25-24-22(28)12-13-26-14-16-27(17-15-26)20-6-4-3-5-7-20/h3-11H,2,12-18H2,1H3,(H,24,28)(H,25,29). The normalized spacial score (nSPS) is 14.2. The van der Waals surface area contributed by atoms with Gasteiger partial charge in [0.2, 0.25) is 5.91 Å². The average Bonchev–Trinajstić information content (AvgIpc) is 2.81. The van der Waals surface area contributed by atoms with Crippen LogP contribution < -0.4 is 20.5 Å². The summed E-state index contributed by atoms with van der Waals surface area (Å²) in [5.74, 6) is 0.184. The van der Waals surface area contributed by atoms with E-state index in [0.29, 0.717) is 25.1 Å². The maximum atomic E-state index is 12.2. The van der Waals surface area contributed by atoms with Gasteiger partial charge in [0.05, 0.1) is 6.61 Å². The minimum absolute atomic E-state index is 0.197. The van der Waals surface area contributed by atoms with Gasteiger partial charge in [0.1, 0.15) is 5.75 Å². The highest BCUT2D eigenvalue weighted by molar-refractivity contribution is 5.95. The second-order valence-electron chi connectivity index (χ2n) is 7.29. The van der Waals surface area contributed by atoms with Crippen LogP contribution in [0.3, 0.4) is 0 Å². The van der Waals surface area contributed by atoms with Gasteiger partial charge in [-0.2, -0.15) is 0 Å². The predicted octanol–water partition coefficient (Wildman–Crippen LogP) is 2.45. The quantitative estimate of drug-likeness (QED) is 0.654. The third-order valence-corrected chi connectivity index (χ3v) is 5.05. The monoisotopic (exact) mass is 410 g/mol. The van der Waals surface area contributed by atoms with Crippen molar-refractivity contribution in [3.05, 3.63) is 60.2 Å². The van der Waals surface area contributed by atoms with E-state index < -0.39 is 0 Å². The molecular formula is C23H30N4O3. The largest absolute Gasteiger partial charge is 0.494 e. The Morgan fingerprint density at radius 1 is 0.933 bits per heavy atom. The van der Waals surface area contributed by atoms with E-state index in [4.69, 9.17) is 4.74 Å². The minimum Gasteiger partial charge on any atom is -0.494 e. The molecule has 1 aliphatic rings. The topological polar surface area (TPSA) is 73.9 Å². The van der Waals surface area contributed by atoms with Crippen molar-refractivity contribution in [3.63, 3.8) is 0 Å². The number of rotatable bonds is 8. The van der Waals surface area contributed by atoms with Crippen molar-refractivity contribution in [3.8, 4) is 5.75 Å². The van der Waals surface area contributed by atoms with Crippen molar-refractivity contribution in [1.29, 1.82) is 0 Å². The van der Waals surface area contributed by atoms with Gasteiger partial charge in [0, 0.05) is 50.4 Å². The Kier molecular flexibility index (Phi) is 8.09. The molecule has 0 atom stereocenters. The Labute approximate surface area is 178 Å². The van der Waals surface area contributed by atoms with E-state index in [1.807, 2.05) is 13.0 Å². The zero-order valence-electron chi connectivity index (χ0n) is 17.5. The number of nitrogens with zero attached hydrogens (tertiary/aromatic N) is 2. The van der Waals surface area contributed by atoms with Crippen LogP contribution in [0.15, 0.2) is 54.6 Å². The van der Waals surface area contributed by atoms with Crippen molar-refractivity contribution >= 4 is 17.5 Å². The molecule has 2 aromatic carbocycles. The second kappa shape index (κ2) is 11.2. The fraction of sp³-hybridized carbons (Fsp3) is 0.391. The molecule has 0 radical (unpaired) electrons. The molecular weight excluding hydrogens is 380 g/mol. The first-order chi connectivity index (χ1) is 14.7. The molecule has 160 valence electrons. The first kappa shape index (κ1) is 21.6. The fourth-order valence-corrected chi connectivity index (χ4v) is 3.31. The predicted molar refractivity (Wildman–Crippen MR) is 118 cm³/mol. The molecule has 1 aliphatic heterocycles. The number of amides is 2. The number of carbonyl (C=O) groups excluding carboxylic acids is 2. The van der Waals surface area contributed by atoms with Gasteiger partial charge in [-0.3, -0.25) is 25.3 Å². The van der Waals surface area contributed by atoms with Gasteiger partial charge in [0.15, 0.2) is 0 Å². The molecule has 0 saturated carbocycles. The van der Waals surface area contributed by atoms with Gasteiger partial charge < -0.3 is 9.64 Å². The summed E-state index contributed by atoms with van der Waals surface area (Å²) in [7, 11) is 0. The number of carbonyl (C=O) groups is 2. The number of para-hydroxylation sites is 1. The van der Waals surface area contributed by atoms with Crippen LogP contribution in [-0.4, -0.2) is 56.0 Å². The molecule has 2 aromatic rings. The van der Waals surface area contributed by atoms with E-state index in [2.05, 4.69) is 44.9 Å². The molecule has 1 heterocycles. The molecule has 0 spiro atoms. The summed E-state index contributed by atoms with van der Waals surface area (Å²) >= 11 is 0. The number of anilines is 1. The lowest BCUT2D eigenvalue weighted by Gasteiger charge is -2.36. The number of ether oxygens (including phenoxy) is 1. The van der Waals surface area contributed by atoms with Gasteiger partial charge >= 0.3 is 0 Å². The Bertz CT molecular complexity index is 803. The summed E-state index contributed by atoms with van der Waals surface area (Å²) < 4.78 is 5.50.